The summed E-state index contributed by atoms with van der Waals surface area (Å²) in [5.41, 5.74) is 0.826. The Kier molecular flexibility index (Phi) is 6.49. The fourth-order valence-corrected chi connectivity index (χ4v) is 7.48. The number of carbonyl (C=O) groups excluding carboxylic acids is 1. The molecule has 3 heterocycles. The fourth-order valence-electron chi connectivity index (χ4n) is 6.25. The number of fused-ring (bicyclic) bond motifs is 1. The van der Waals surface area contributed by atoms with Gasteiger partial charge in [-0.15, -0.1) is 4.40 Å². The maximum absolute atomic E-state index is 13.1. The molecule has 2 saturated heterocycles. The minimum Gasteiger partial charge on any atom is -0.355 e. The number of sulfonamides is 1. The van der Waals surface area contributed by atoms with Gasteiger partial charge in [0.2, 0.25) is 5.91 Å². The molecular formula is C25H36N4O3S. The molecule has 1 aromatic rings. The van der Waals surface area contributed by atoms with Crippen molar-refractivity contribution in [2.75, 3.05) is 32.7 Å². The van der Waals surface area contributed by atoms with Crippen LogP contribution in [0.3, 0.4) is 0 Å². The van der Waals surface area contributed by atoms with Gasteiger partial charge in [0.15, 0.2) is 5.84 Å². The quantitative estimate of drug-likeness (QED) is 0.728. The number of hydrogen-bond acceptors (Lipinski definition) is 5. The van der Waals surface area contributed by atoms with Crippen LogP contribution in [0.1, 0.15) is 69.8 Å². The number of amides is 1. The summed E-state index contributed by atoms with van der Waals surface area (Å²) in [4.78, 5) is 18.1. The first kappa shape index (κ1) is 22.8. The fraction of sp³-hybridized carbons (Fsp3) is 0.680. The summed E-state index contributed by atoms with van der Waals surface area (Å²) in [7, 11) is -3.61. The van der Waals surface area contributed by atoms with E-state index in [1.54, 1.807) is 12.1 Å². The summed E-state index contributed by atoms with van der Waals surface area (Å²) in [6.07, 6.45) is 11.5. The van der Waals surface area contributed by atoms with Gasteiger partial charge in [0.05, 0.1) is 0 Å². The number of nitrogens with zero attached hydrogens (tertiary/aromatic N) is 3. The lowest BCUT2D eigenvalue weighted by molar-refractivity contribution is -0.127. The lowest BCUT2D eigenvalue weighted by Crippen LogP contribution is -2.58. The number of nitrogens with one attached hydrogen (secondary N) is 1. The van der Waals surface area contributed by atoms with Crippen LogP contribution in [0.2, 0.25) is 0 Å². The largest absolute Gasteiger partial charge is 0.355 e. The number of carbonyl (C=O) groups is 1. The topological polar surface area (TPSA) is 82.1 Å². The van der Waals surface area contributed by atoms with E-state index in [1.165, 1.54) is 64.5 Å². The second kappa shape index (κ2) is 9.37. The van der Waals surface area contributed by atoms with E-state index in [-0.39, 0.29) is 22.3 Å². The molecule has 1 amide bonds. The van der Waals surface area contributed by atoms with E-state index in [4.69, 9.17) is 0 Å². The second-order valence-corrected chi connectivity index (χ2v) is 11.8. The zero-order chi connectivity index (χ0) is 22.9. The number of amidine groups is 1. The number of benzene rings is 1. The van der Waals surface area contributed by atoms with Crippen LogP contribution in [-0.2, 0) is 14.8 Å². The lowest BCUT2D eigenvalue weighted by Gasteiger charge is -2.48. The summed E-state index contributed by atoms with van der Waals surface area (Å²) >= 11 is 0. The normalized spacial score (nSPS) is 25.3. The molecule has 0 aromatic heterocycles. The van der Waals surface area contributed by atoms with Crippen LogP contribution >= 0.6 is 0 Å². The Hall–Kier alpha value is -1.93. The van der Waals surface area contributed by atoms with E-state index in [2.05, 4.69) is 14.6 Å². The summed E-state index contributed by atoms with van der Waals surface area (Å²) < 4.78 is 28.8. The van der Waals surface area contributed by atoms with Gasteiger partial charge in [-0.1, -0.05) is 37.8 Å². The molecule has 1 N–H and O–H groups in total. The molecule has 5 rings (SSSR count). The molecule has 0 atom stereocenters. The molecule has 180 valence electrons. The van der Waals surface area contributed by atoms with Crippen molar-refractivity contribution in [2.45, 2.75) is 74.6 Å². The van der Waals surface area contributed by atoms with Crippen molar-refractivity contribution in [3.8, 4) is 0 Å². The Bertz CT molecular complexity index is 1000. The zero-order valence-corrected chi connectivity index (χ0v) is 20.3. The first-order chi connectivity index (χ1) is 16.0. The number of piperidine rings is 2. The molecule has 3 aliphatic heterocycles. The van der Waals surface area contributed by atoms with Gasteiger partial charge >= 0.3 is 0 Å². The zero-order valence-electron chi connectivity index (χ0n) is 19.5. The molecule has 3 fully saturated rings. The van der Waals surface area contributed by atoms with Gasteiger partial charge in [0.25, 0.3) is 10.0 Å². The van der Waals surface area contributed by atoms with Crippen LogP contribution in [-0.4, -0.2) is 68.2 Å². The van der Waals surface area contributed by atoms with E-state index in [0.717, 1.165) is 19.4 Å². The van der Waals surface area contributed by atoms with Crippen LogP contribution in [0.15, 0.2) is 33.6 Å². The summed E-state index contributed by atoms with van der Waals surface area (Å²) in [6.45, 7) is 4.40. The van der Waals surface area contributed by atoms with Gasteiger partial charge in [-0.3, -0.25) is 9.69 Å². The van der Waals surface area contributed by atoms with Crippen LogP contribution in [0.5, 0.6) is 0 Å². The molecule has 7 nitrogen and oxygen atoms in total. The number of rotatable bonds is 4. The third kappa shape index (κ3) is 4.56. The molecule has 4 aliphatic rings. The highest BCUT2D eigenvalue weighted by atomic mass is 32.2. The predicted octanol–water partition coefficient (Wildman–Crippen LogP) is 3.15. The molecule has 0 unspecified atom stereocenters. The van der Waals surface area contributed by atoms with E-state index < -0.39 is 10.0 Å². The van der Waals surface area contributed by atoms with E-state index in [0.29, 0.717) is 24.5 Å². The van der Waals surface area contributed by atoms with Crippen molar-refractivity contribution >= 4 is 21.8 Å². The minimum atomic E-state index is -3.61. The van der Waals surface area contributed by atoms with Crippen LogP contribution in [0.25, 0.3) is 0 Å². The predicted molar refractivity (Wildman–Crippen MR) is 129 cm³/mol. The van der Waals surface area contributed by atoms with Gasteiger partial charge in [0.1, 0.15) is 4.90 Å². The molecule has 1 saturated carbocycles. The van der Waals surface area contributed by atoms with Crippen molar-refractivity contribution in [1.29, 1.82) is 0 Å². The van der Waals surface area contributed by atoms with Crippen LogP contribution < -0.4 is 5.32 Å². The molecule has 1 aromatic carbocycles. The monoisotopic (exact) mass is 472 g/mol. The van der Waals surface area contributed by atoms with Gasteiger partial charge < -0.3 is 10.2 Å². The molecule has 0 spiro atoms. The van der Waals surface area contributed by atoms with Gasteiger partial charge in [0, 0.05) is 36.7 Å². The van der Waals surface area contributed by atoms with Gasteiger partial charge in [-0.25, -0.2) is 0 Å². The van der Waals surface area contributed by atoms with Crippen molar-refractivity contribution in [2.24, 2.45) is 10.3 Å². The number of likely N-dealkylation sites (tertiary alicyclic amines) is 2. The molecule has 1 aliphatic carbocycles. The third-order valence-corrected chi connectivity index (χ3v) is 9.51. The summed E-state index contributed by atoms with van der Waals surface area (Å²) in [5.74, 6) is 0.686. The van der Waals surface area contributed by atoms with Crippen molar-refractivity contribution in [3.05, 3.63) is 29.8 Å². The van der Waals surface area contributed by atoms with Crippen LogP contribution in [0, 0.1) is 5.92 Å². The first-order valence-electron chi connectivity index (χ1n) is 12.7. The van der Waals surface area contributed by atoms with E-state index in [1.807, 2.05) is 17.0 Å². The molecule has 33 heavy (non-hydrogen) atoms. The smallest absolute Gasteiger partial charge is 0.285 e. The molecular weight excluding hydrogens is 436 g/mol. The number of hydrogen-bond donors (Lipinski definition) is 1. The van der Waals surface area contributed by atoms with Crippen LogP contribution in [0.4, 0.5) is 0 Å². The van der Waals surface area contributed by atoms with E-state index in [9.17, 15) is 13.2 Å². The Morgan fingerprint density at radius 2 is 1.64 bits per heavy atom. The van der Waals surface area contributed by atoms with Crippen molar-refractivity contribution < 1.29 is 13.2 Å². The highest BCUT2D eigenvalue weighted by molar-refractivity contribution is 7.90. The SMILES string of the molecule is O=C(NCC1(N2CCCCC2)CCCCC1)C1CCN(C2=NS(=O)(=O)c3ccccc32)CC1. The van der Waals surface area contributed by atoms with Crippen molar-refractivity contribution in [3.63, 3.8) is 0 Å². The highest BCUT2D eigenvalue weighted by Gasteiger charge is 2.39. The van der Waals surface area contributed by atoms with Gasteiger partial charge in [-0.05, 0) is 63.7 Å². The maximum Gasteiger partial charge on any atom is 0.285 e. The minimum absolute atomic E-state index is 0.0166. The average molecular weight is 473 g/mol. The van der Waals surface area contributed by atoms with Crippen molar-refractivity contribution in [1.82, 2.24) is 15.1 Å². The maximum atomic E-state index is 13.1. The third-order valence-electron chi connectivity index (χ3n) is 8.18. The molecule has 0 bridgehead atoms. The lowest BCUT2D eigenvalue weighted by atomic mass is 9.79. The average Bonchev–Trinajstić information content (AvgIpc) is 3.15. The van der Waals surface area contributed by atoms with Gasteiger partial charge in [-0.2, -0.15) is 8.42 Å². The Balaban J connectivity index is 1.19. The second-order valence-electron chi connectivity index (χ2n) is 10.2. The molecule has 8 heteroatoms. The Labute approximate surface area is 197 Å². The van der Waals surface area contributed by atoms with E-state index >= 15 is 0 Å². The Morgan fingerprint density at radius 3 is 2.36 bits per heavy atom. The first-order valence-corrected chi connectivity index (χ1v) is 14.1. The standard InChI is InChI=1S/C25H36N4O3S/c30-24(26-19-25(13-5-1-6-14-25)29-15-7-2-8-16-29)20-11-17-28(18-12-20)23-21-9-3-4-10-22(21)33(31,32)27-23/h3-4,9-10,20H,1-2,5-8,11-19H2,(H,26,30). The Morgan fingerprint density at radius 1 is 0.970 bits per heavy atom. The summed E-state index contributed by atoms with van der Waals surface area (Å²) in [5, 5.41) is 3.35. The molecule has 0 radical (unpaired) electrons. The highest BCUT2D eigenvalue weighted by Crippen LogP contribution is 2.35. The summed E-state index contributed by atoms with van der Waals surface area (Å²) in [6, 6.07) is 7.01.